The Morgan fingerprint density at radius 2 is 1.93 bits per heavy atom. The Hall–Kier alpha value is -0.120. The monoisotopic (exact) mass is 200 g/mol. The predicted octanol–water partition coefficient (Wildman–Crippen LogP) is 1.65. The molecule has 0 aromatic rings. The van der Waals surface area contributed by atoms with Crippen molar-refractivity contribution in [1.82, 2.24) is 10.4 Å². The Bertz CT molecular complexity index is 167. The average Bonchev–Trinajstić information content (AvgIpc) is 2.51. The quantitative estimate of drug-likeness (QED) is 0.686. The van der Waals surface area contributed by atoms with Gasteiger partial charge in [-0.1, -0.05) is 13.8 Å². The van der Waals surface area contributed by atoms with E-state index in [0.717, 1.165) is 0 Å². The fourth-order valence-electron chi connectivity index (χ4n) is 2.34. The molecule has 1 aliphatic carbocycles. The molecule has 1 atom stereocenters. The standard InChI is InChI=1S/C9H18N2O.C2H6/c1-11(2)12-8-3-4-9(5-8)6-10-7-9;1-2/h8,10H,3-7H2,1-2H3;1-2H3. The minimum absolute atomic E-state index is 0.474. The molecule has 2 aliphatic rings. The van der Waals surface area contributed by atoms with Crippen LogP contribution in [0.2, 0.25) is 0 Å². The maximum Gasteiger partial charge on any atom is 0.0799 e. The van der Waals surface area contributed by atoms with Gasteiger partial charge < -0.3 is 5.32 Å². The van der Waals surface area contributed by atoms with Crippen LogP contribution in [0.1, 0.15) is 33.1 Å². The minimum Gasteiger partial charge on any atom is -0.316 e. The van der Waals surface area contributed by atoms with Crippen molar-refractivity contribution in [2.24, 2.45) is 5.41 Å². The van der Waals surface area contributed by atoms with Gasteiger partial charge in [0, 0.05) is 27.2 Å². The number of rotatable bonds is 2. The fraction of sp³-hybridized carbons (Fsp3) is 1.00. The summed E-state index contributed by atoms with van der Waals surface area (Å²) in [6.07, 6.45) is 4.30. The van der Waals surface area contributed by atoms with Crippen molar-refractivity contribution in [3.63, 3.8) is 0 Å². The average molecular weight is 200 g/mol. The van der Waals surface area contributed by atoms with Gasteiger partial charge in [-0.05, 0) is 24.7 Å². The van der Waals surface area contributed by atoms with Crippen LogP contribution in [0.4, 0.5) is 0 Å². The van der Waals surface area contributed by atoms with E-state index in [4.69, 9.17) is 4.84 Å². The predicted molar refractivity (Wildman–Crippen MR) is 59.1 cm³/mol. The smallest absolute Gasteiger partial charge is 0.0799 e. The summed E-state index contributed by atoms with van der Waals surface area (Å²) in [6.45, 7) is 6.42. The highest BCUT2D eigenvalue weighted by molar-refractivity contribution is 4.98. The van der Waals surface area contributed by atoms with Crippen molar-refractivity contribution in [2.75, 3.05) is 27.2 Å². The Morgan fingerprint density at radius 3 is 2.29 bits per heavy atom. The van der Waals surface area contributed by atoms with Crippen LogP contribution < -0.4 is 5.32 Å². The first-order chi connectivity index (χ1) is 6.70. The Kier molecular flexibility index (Phi) is 4.35. The van der Waals surface area contributed by atoms with Gasteiger partial charge in [-0.2, -0.15) is 5.06 Å². The van der Waals surface area contributed by atoms with Crippen molar-refractivity contribution in [1.29, 1.82) is 0 Å². The van der Waals surface area contributed by atoms with Gasteiger partial charge in [0.2, 0.25) is 0 Å². The van der Waals surface area contributed by atoms with Gasteiger partial charge in [-0.15, -0.1) is 0 Å². The minimum atomic E-state index is 0.474. The molecule has 3 heteroatoms. The molecule has 0 radical (unpaired) electrons. The van der Waals surface area contributed by atoms with Gasteiger partial charge in [0.25, 0.3) is 0 Å². The van der Waals surface area contributed by atoms with Crippen molar-refractivity contribution in [2.45, 2.75) is 39.2 Å². The number of nitrogens with one attached hydrogen (secondary N) is 1. The Morgan fingerprint density at radius 1 is 1.29 bits per heavy atom. The van der Waals surface area contributed by atoms with E-state index in [0.29, 0.717) is 11.5 Å². The molecular formula is C11H24N2O. The van der Waals surface area contributed by atoms with E-state index in [1.165, 1.54) is 32.4 Å². The zero-order chi connectivity index (χ0) is 10.6. The largest absolute Gasteiger partial charge is 0.316 e. The molecule has 0 bridgehead atoms. The topological polar surface area (TPSA) is 24.5 Å². The zero-order valence-corrected chi connectivity index (χ0v) is 9.97. The molecule has 1 N–H and O–H groups in total. The summed E-state index contributed by atoms with van der Waals surface area (Å²) >= 11 is 0. The van der Waals surface area contributed by atoms with Crippen molar-refractivity contribution >= 4 is 0 Å². The van der Waals surface area contributed by atoms with Crippen LogP contribution in [0.3, 0.4) is 0 Å². The fourth-order valence-corrected chi connectivity index (χ4v) is 2.34. The van der Waals surface area contributed by atoms with Gasteiger partial charge in [0.1, 0.15) is 0 Å². The lowest BCUT2D eigenvalue weighted by Gasteiger charge is -2.39. The molecule has 2 fully saturated rings. The second-order valence-electron chi connectivity index (χ2n) is 4.39. The molecule has 0 aromatic heterocycles. The third-order valence-electron chi connectivity index (χ3n) is 3.02. The van der Waals surface area contributed by atoms with Gasteiger partial charge >= 0.3 is 0 Å². The highest BCUT2D eigenvalue weighted by Gasteiger charge is 2.44. The molecule has 1 unspecified atom stereocenters. The maximum atomic E-state index is 5.65. The first-order valence-electron chi connectivity index (χ1n) is 5.75. The van der Waals surface area contributed by atoms with Gasteiger partial charge in [-0.25, -0.2) is 0 Å². The van der Waals surface area contributed by atoms with E-state index in [2.05, 4.69) is 5.32 Å². The molecule has 0 aromatic carbocycles. The van der Waals surface area contributed by atoms with Gasteiger partial charge in [-0.3, -0.25) is 4.84 Å². The lowest BCUT2D eigenvalue weighted by atomic mass is 9.80. The molecule has 14 heavy (non-hydrogen) atoms. The molecule has 1 spiro atoms. The van der Waals surface area contributed by atoms with Gasteiger partial charge in [0.15, 0.2) is 0 Å². The van der Waals surface area contributed by atoms with Crippen LogP contribution in [-0.2, 0) is 4.84 Å². The second-order valence-corrected chi connectivity index (χ2v) is 4.39. The highest BCUT2D eigenvalue weighted by Crippen LogP contribution is 2.42. The molecule has 1 heterocycles. The first-order valence-corrected chi connectivity index (χ1v) is 5.75. The van der Waals surface area contributed by atoms with Crippen molar-refractivity contribution < 1.29 is 4.84 Å². The van der Waals surface area contributed by atoms with Crippen LogP contribution in [0.5, 0.6) is 0 Å². The summed E-state index contributed by atoms with van der Waals surface area (Å²) in [5.74, 6) is 0. The molecule has 1 saturated carbocycles. The second kappa shape index (κ2) is 5.10. The summed E-state index contributed by atoms with van der Waals surface area (Å²) in [5, 5.41) is 5.18. The highest BCUT2D eigenvalue weighted by atomic mass is 16.7. The summed E-state index contributed by atoms with van der Waals surface area (Å²) in [7, 11) is 3.92. The molecule has 3 nitrogen and oxygen atoms in total. The van der Waals surface area contributed by atoms with Crippen LogP contribution in [0.25, 0.3) is 0 Å². The molecule has 2 rings (SSSR count). The van der Waals surface area contributed by atoms with Crippen molar-refractivity contribution in [3.05, 3.63) is 0 Å². The van der Waals surface area contributed by atoms with Crippen LogP contribution in [0.15, 0.2) is 0 Å². The van der Waals surface area contributed by atoms with E-state index in [1.54, 1.807) is 0 Å². The van der Waals surface area contributed by atoms with E-state index >= 15 is 0 Å². The zero-order valence-electron chi connectivity index (χ0n) is 9.97. The Balaban J connectivity index is 0.000000461. The Labute approximate surface area is 87.8 Å². The summed E-state index contributed by atoms with van der Waals surface area (Å²) in [5.41, 5.74) is 0.612. The number of nitrogens with zero attached hydrogens (tertiary/aromatic N) is 1. The van der Waals surface area contributed by atoms with Crippen LogP contribution in [0, 0.1) is 5.41 Å². The van der Waals surface area contributed by atoms with E-state index in [1.807, 2.05) is 33.0 Å². The summed E-state index contributed by atoms with van der Waals surface area (Å²) < 4.78 is 0. The van der Waals surface area contributed by atoms with Crippen LogP contribution in [-0.4, -0.2) is 38.4 Å². The molecule has 84 valence electrons. The van der Waals surface area contributed by atoms with Crippen molar-refractivity contribution in [3.8, 4) is 0 Å². The SMILES string of the molecule is CC.CN(C)OC1CCC2(CNC2)C1. The molecule has 1 saturated heterocycles. The first kappa shape index (κ1) is 12.0. The third kappa shape index (κ3) is 2.69. The van der Waals surface area contributed by atoms with Gasteiger partial charge in [0.05, 0.1) is 6.10 Å². The van der Waals surface area contributed by atoms with E-state index in [-0.39, 0.29) is 0 Å². The number of hydroxylamine groups is 2. The lowest BCUT2D eigenvalue weighted by Crippen LogP contribution is -2.52. The lowest BCUT2D eigenvalue weighted by molar-refractivity contribution is -0.164. The normalized spacial score (nSPS) is 28.5. The third-order valence-corrected chi connectivity index (χ3v) is 3.02. The summed E-state index contributed by atoms with van der Waals surface area (Å²) in [4.78, 5) is 5.65. The number of hydrogen-bond acceptors (Lipinski definition) is 3. The maximum absolute atomic E-state index is 5.65. The van der Waals surface area contributed by atoms with E-state index < -0.39 is 0 Å². The summed E-state index contributed by atoms with van der Waals surface area (Å²) in [6, 6.07) is 0. The number of hydrogen-bond donors (Lipinski definition) is 1. The van der Waals surface area contributed by atoms with Crippen LogP contribution >= 0.6 is 0 Å². The van der Waals surface area contributed by atoms with E-state index in [9.17, 15) is 0 Å². The molecular weight excluding hydrogens is 176 g/mol. The molecule has 1 aliphatic heterocycles. The molecule has 0 amide bonds.